The van der Waals surface area contributed by atoms with Gasteiger partial charge in [-0.15, -0.1) is 0 Å². The quantitative estimate of drug-likeness (QED) is 0.0312. The molecule has 10 unspecified atom stereocenters. The van der Waals surface area contributed by atoms with Gasteiger partial charge in [0.1, 0.15) is 0 Å². The van der Waals surface area contributed by atoms with E-state index in [-0.39, 0.29) is 12.2 Å². The first-order chi connectivity index (χ1) is 39.2. The summed E-state index contributed by atoms with van der Waals surface area (Å²) in [6, 6.07) is 1.29. The molecule has 8 heteroatoms. The number of rotatable bonds is 32. The lowest BCUT2D eigenvalue weighted by Crippen LogP contribution is -2.59. The van der Waals surface area contributed by atoms with E-state index in [4.69, 9.17) is 11.5 Å². The van der Waals surface area contributed by atoms with Crippen LogP contribution in [0.15, 0.2) is 0 Å². The largest absolute Gasteiger partial charge is 0.393 e. The van der Waals surface area contributed by atoms with Crippen molar-refractivity contribution in [1.29, 1.82) is 0 Å². The van der Waals surface area contributed by atoms with Crippen LogP contribution in [0.1, 0.15) is 276 Å². The number of nitrogens with two attached hydrogens (primary N) is 2. The number of aliphatic hydroxyl groups excluding tert-OH is 2. The summed E-state index contributed by atoms with van der Waals surface area (Å²) in [5.41, 5.74) is 12.9. The Hall–Kier alpha value is -0.320. The van der Waals surface area contributed by atoms with Gasteiger partial charge in [-0.1, -0.05) is 134 Å². The Kier molecular flexibility index (Phi) is 27.4. The van der Waals surface area contributed by atoms with Gasteiger partial charge in [-0.2, -0.15) is 0 Å². The van der Waals surface area contributed by atoms with Gasteiger partial charge >= 0.3 is 0 Å². The second kappa shape index (κ2) is 32.4. The van der Waals surface area contributed by atoms with Crippen molar-refractivity contribution in [2.45, 2.75) is 300 Å². The van der Waals surface area contributed by atoms with Gasteiger partial charge in [-0.3, -0.25) is 0 Å². The highest BCUT2D eigenvalue weighted by Gasteiger charge is 2.65. The van der Waals surface area contributed by atoms with Crippen molar-refractivity contribution in [3.8, 4) is 0 Å². The van der Waals surface area contributed by atoms with Crippen LogP contribution in [0, 0.1) is 116 Å². The SMILES string of the molecule is CC(C)C(C)CC[C@@H](C)C1CCC2C3C(CC[C@@]21C)[C@@]1(C)CC[C@H](NCCCNCCCCCCCCN)C[C@@H]1C[C@H]3O.CC(C)C(C)CC[C@@H](C)C1CCC2C3C(CC[C@@]21C)[C@@]1(C)CC[C@H](NCCCNCCCCN)C[C@@H]1C[C@H]3O. The molecule has 0 saturated heterocycles. The summed E-state index contributed by atoms with van der Waals surface area (Å²) in [4.78, 5) is 0. The van der Waals surface area contributed by atoms with Gasteiger partial charge in [0.2, 0.25) is 0 Å². The fraction of sp³-hybridized carbons (Fsp3) is 1.00. The first kappa shape index (κ1) is 69.2. The first-order valence-corrected chi connectivity index (χ1v) is 36.9. The van der Waals surface area contributed by atoms with Gasteiger partial charge in [0.15, 0.2) is 0 Å². The lowest BCUT2D eigenvalue weighted by Gasteiger charge is -2.62. The molecule has 10 N–H and O–H groups in total. The molecule has 0 aliphatic heterocycles. The van der Waals surface area contributed by atoms with E-state index in [9.17, 15) is 10.2 Å². The van der Waals surface area contributed by atoms with Crippen LogP contribution in [-0.2, 0) is 0 Å². The summed E-state index contributed by atoms with van der Waals surface area (Å²) in [5.74, 6) is 12.1. The minimum absolute atomic E-state index is 0.0775. The van der Waals surface area contributed by atoms with Crippen molar-refractivity contribution >= 4 is 0 Å². The van der Waals surface area contributed by atoms with E-state index in [1.165, 1.54) is 173 Å². The molecule has 8 aliphatic rings. The third-order valence-corrected chi connectivity index (χ3v) is 27.9. The summed E-state index contributed by atoms with van der Waals surface area (Å²) in [6.07, 6.45) is 39.1. The van der Waals surface area contributed by atoms with Crippen LogP contribution in [0.25, 0.3) is 0 Å². The van der Waals surface area contributed by atoms with Crippen LogP contribution < -0.4 is 32.7 Å². The van der Waals surface area contributed by atoms with Crippen molar-refractivity contribution in [3.63, 3.8) is 0 Å². The predicted molar refractivity (Wildman–Crippen MR) is 352 cm³/mol. The van der Waals surface area contributed by atoms with Gasteiger partial charge in [0.05, 0.1) is 12.2 Å². The fourth-order valence-corrected chi connectivity index (χ4v) is 21.7. The molecular weight excluding hydrogens is 1000 g/mol. The van der Waals surface area contributed by atoms with Crippen LogP contribution >= 0.6 is 0 Å². The van der Waals surface area contributed by atoms with Gasteiger partial charge in [0, 0.05) is 12.1 Å². The molecule has 8 fully saturated rings. The lowest BCUT2D eigenvalue weighted by molar-refractivity contribution is -0.167. The molecule has 480 valence electrons. The van der Waals surface area contributed by atoms with Gasteiger partial charge in [-0.25, -0.2) is 0 Å². The second-order valence-electron chi connectivity index (χ2n) is 33.1. The number of hydrogen-bond acceptors (Lipinski definition) is 8. The molecule has 0 aromatic rings. The molecule has 8 saturated carbocycles. The maximum absolute atomic E-state index is 11.8. The Balaban J connectivity index is 0.000000237. The highest BCUT2D eigenvalue weighted by molar-refractivity contribution is 5.14. The van der Waals surface area contributed by atoms with Crippen molar-refractivity contribution in [2.24, 2.45) is 128 Å². The number of unbranched alkanes of at least 4 members (excludes halogenated alkanes) is 6. The summed E-state index contributed by atoms with van der Waals surface area (Å²) in [5, 5.41) is 38.7. The Labute approximate surface area is 509 Å². The van der Waals surface area contributed by atoms with Gasteiger partial charge in [0.25, 0.3) is 0 Å². The number of fused-ring (bicyclic) bond motifs is 10. The van der Waals surface area contributed by atoms with Crippen LogP contribution in [0.4, 0.5) is 0 Å². The molecule has 8 aliphatic carbocycles. The van der Waals surface area contributed by atoms with E-state index < -0.39 is 0 Å². The third-order valence-electron chi connectivity index (χ3n) is 27.9. The smallest absolute Gasteiger partial charge is 0.0577 e. The number of hydrogen-bond donors (Lipinski definition) is 8. The Bertz CT molecular complexity index is 1800. The zero-order chi connectivity index (χ0) is 59.2. The third kappa shape index (κ3) is 16.7. The van der Waals surface area contributed by atoms with Crippen molar-refractivity contribution in [1.82, 2.24) is 21.3 Å². The molecule has 0 aromatic carbocycles. The molecule has 0 heterocycles. The molecule has 0 amide bonds. The van der Waals surface area contributed by atoms with Crippen LogP contribution in [0.5, 0.6) is 0 Å². The van der Waals surface area contributed by atoms with Gasteiger partial charge in [-0.05, 0) is 310 Å². The first-order valence-electron chi connectivity index (χ1n) is 36.9. The molecule has 82 heavy (non-hydrogen) atoms. The molecule has 22 atom stereocenters. The van der Waals surface area contributed by atoms with Crippen molar-refractivity contribution in [3.05, 3.63) is 0 Å². The number of aliphatic hydroxyl groups is 2. The van der Waals surface area contributed by atoms with Crippen LogP contribution in [-0.4, -0.2) is 86.9 Å². The van der Waals surface area contributed by atoms with E-state index in [2.05, 4.69) is 104 Å². The van der Waals surface area contributed by atoms with E-state index in [1.54, 1.807) is 0 Å². The second-order valence-corrected chi connectivity index (χ2v) is 33.1. The van der Waals surface area contributed by atoms with E-state index in [0.29, 0.717) is 57.4 Å². The molecular formula is C74H142N6O2. The highest BCUT2D eigenvalue weighted by atomic mass is 16.3. The Morgan fingerprint density at radius 1 is 0.390 bits per heavy atom. The predicted octanol–water partition coefficient (Wildman–Crippen LogP) is 15.6. The minimum Gasteiger partial charge on any atom is -0.393 e. The standard InChI is InChI=1S/C39H75N3O.C35H67N3O/c1-28(2)29(3)14-15-30(4)33-16-17-34-37-35(19-21-39(33,34)6)38(5)20-18-32(26-31(38)27-36(37)43)42-25-13-24-41-23-12-10-8-7-9-11-22-40;1-24(2)25(3)10-11-26(4)29-12-13-30-33-31(15-17-35(29,30)6)34(5)16-14-28(22-27(34)23-32(33)39)38-21-9-20-37-19-8-7-18-36/h28-37,41-43H,7-27,40H2,1-6H3;24-33,37-39H,7-23,36H2,1-6H3/t29?,30-,31-,32+,33?,34?,35?,36-,37?,38+,39-;25?,26-,27-,28+,29?,30?,31?,32-,33?,34+,35-/m11/s1. The zero-order valence-corrected chi connectivity index (χ0v) is 56.5. The summed E-state index contributed by atoms with van der Waals surface area (Å²) in [6.45, 7) is 38.6. The topological polar surface area (TPSA) is 141 Å². The summed E-state index contributed by atoms with van der Waals surface area (Å²) < 4.78 is 0. The molecule has 0 radical (unpaired) electrons. The van der Waals surface area contributed by atoms with E-state index >= 15 is 0 Å². The normalized spacial score (nSPS) is 40.2. The number of nitrogens with one attached hydrogen (secondary N) is 4. The van der Waals surface area contributed by atoms with Crippen molar-refractivity contribution < 1.29 is 10.2 Å². The van der Waals surface area contributed by atoms with Crippen molar-refractivity contribution in [2.75, 3.05) is 52.4 Å². The molecule has 8 nitrogen and oxygen atoms in total. The molecule has 0 bridgehead atoms. The molecule has 0 aromatic heterocycles. The average Bonchev–Trinajstić information content (AvgIpc) is 3.77. The molecule has 8 rings (SSSR count). The molecule has 0 spiro atoms. The maximum atomic E-state index is 11.8. The van der Waals surface area contributed by atoms with E-state index in [0.717, 1.165) is 143 Å². The van der Waals surface area contributed by atoms with E-state index in [1.807, 2.05) is 0 Å². The minimum atomic E-state index is -0.0795. The average molecular weight is 1150 g/mol. The zero-order valence-electron chi connectivity index (χ0n) is 56.5. The Morgan fingerprint density at radius 2 is 0.744 bits per heavy atom. The maximum Gasteiger partial charge on any atom is 0.0577 e. The fourth-order valence-electron chi connectivity index (χ4n) is 21.7. The summed E-state index contributed by atoms with van der Waals surface area (Å²) >= 11 is 0. The van der Waals surface area contributed by atoms with Crippen LogP contribution in [0.2, 0.25) is 0 Å². The van der Waals surface area contributed by atoms with Crippen LogP contribution in [0.3, 0.4) is 0 Å². The Morgan fingerprint density at radius 3 is 1.16 bits per heavy atom. The monoisotopic (exact) mass is 1150 g/mol. The highest BCUT2D eigenvalue weighted by Crippen LogP contribution is 2.70. The summed E-state index contributed by atoms with van der Waals surface area (Å²) in [7, 11) is 0. The lowest BCUT2D eigenvalue weighted by atomic mass is 9.43. The van der Waals surface area contributed by atoms with Gasteiger partial charge < -0.3 is 42.9 Å².